The van der Waals surface area contributed by atoms with Crippen molar-refractivity contribution in [2.45, 2.75) is 6.92 Å². The van der Waals surface area contributed by atoms with Gasteiger partial charge in [0.05, 0.1) is 22.8 Å². The van der Waals surface area contributed by atoms with Gasteiger partial charge in [0.25, 0.3) is 0 Å². The fraction of sp³-hybridized carbons (Fsp3) is 0.273. The number of esters is 1. The third kappa shape index (κ3) is 4.76. The van der Waals surface area contributed by atoms with Gasteiger partial charge in [-0.25, -0.2) is 9.59 Å². The Morgan fingerprint density at radius 2 is 2.10 bits per heavy atom. The third-order valence-corrected chi connectivity index (χ3v) is 2.62. The molecular weight excluding hydrogens is 323 g/mol. The summed E-state index contributed by atoms with van der Waals surface area (Å²) in [6.45, 7) is 2.05. The second kappa shape index (κ2) is 7.65. The second-order valence-corrected chi connectivity index (χ2v) is 4.43. The number of aromatic carboxylic acids is 1. The minimum atomic E-state index is -1.11. The van der Waals surface area contributed by atoms with Crippen LogP contribution in [0.3, 0.4) is 0 Å². The molecule has 0 atom stereocenters. The monoisotopic (exact) mass is 334 g/mol. The number of aromatic amines is 1. The number of aromatic nitrogens is 4. The molecule has 21 heavy (non-hydrogen) atoms. The number of carbonyl (C=O) groups excluding carboxylic acids is 1. The molecule has 2 N–H and O–H groups in total. The first kappa shape index (κ1) is 17.0. The molecule has 0 saturated carbocycles. The lowest BCUT2D eigenvalue weighted by Gasteiger charge is -1.97. The summed E-state index contributed by atoms with van der Waals surface area (Å²) >= 11 is 11.1. The van der Waals surface area contributed by atoms with Crippen LogP contribution in [0.2, 0.25) is 10.0 Å². The summed E-state index contributed by atoms with van der Waals surface area (Å²) in [4.78, 5) is 21.2. The number of H-pyrrole nitrogens is 1. The number of carbonyl (C=O) groups is 2. The number of ether oxygens (including phenoxy) is 1. The van der Waals surface area contributed by atoms with Gasteiger partial charge in [-0.15, -0.1) is 0 Å². The van der Waals surface area contributed by atoms with Crippen LogP contribution in [0.5, 0.6) is 0 Å². The fourth-order valence-electron chi connectivity index (χ4n) is 1.22. The number of rotatable bonds is 3. The molecule has 10 heteroatoms. The van der Waals surface area contributed by atoms with Crippen molar-refractivity contribution < 1.29 is 19.4 Å². The summed E-state index contributed by atoms with van der Waals surface area (Å²) in [7, 11) is 1.61. The molecule has 0 saturated heterocycles. The van der Waals surface area contributed by atoms with Crippen LogP contribution in [-0.4, -0.2) is 43.6 Å². The Morgan fingerprint density at radius 1 is 1.43 bits per heavy atom. The maximum Gasteiger partial charge on any atom is 0.357 e. The van der Waals surface area contributed by atoms with E-state index in [1.165, 1.54) is 17.1 Å². The highest BCUT2D eigenvalue weighted by atomic mass is 35.5. The van der Waals surface area contributed by atoms with Gasteiger partial charge in [0.2, 0.25) is 0 Å². The van der Waals surface area contributed by atoms with E-state index < -0.39 is 11.9 Å². The zero-order valence-electron chi connectivity index (χ0n) is 11.1. The molecule has 0 aliphatic rings. The molecule has 2 aromatic heterocycles. The number of nitrogens with zero attached hydrogens (tertiary/aromatic N) is 3. The molecule has 0 unspecified atom stereocenters. The number of nitrogens with one attached hydrogen (secondary N) is 1. The predicted octanol–water partition coefficient (Wildman–Crippen LogP) is 2.01. The van der Waals surface area contributed by atoms with E-state index in [9.17, 15) is 9.59 Å². The largest absolute Gasteiger partial charge is 0.476 e. The maximum atomic E-state index is 10.9. The van der Waals surface area contributed by atoms with Crippen LogP contribution in [0.1, 0.15) is 27.9 Å². The first-order valence-electron chi connectivity index (χ1n) is 5.65. The van der Waals surface area contributed by atoms with Crippen molar-refractivity contribution in [1.82, 2.24) is 20.0 Å². The van der Waals surface area contributed by atoms with Crippen molar-refractivity contribution in [2.75, 3.05) is 6.61 Å². The molecule has 0 amide bonds. The number of hydrogen-bond acceptors (Lipinski definition) is 5. The SMILES string of the molecule is CCOC(=O)c1[nH]ncc1Cl.Cn1cc(Cl)c(C(=O)O)n1. The zero-order valence-corrected chi connectivity index (χ0v) is 12.6. The van der Waals surface area contributed by atoms with Crippen LogP contribution in [0, 0.1) is 0 Å². The molecule has 0 aliphatic carbocycles. The summed E-state index contributed by atoms with van der Waals surface area (Å²) < 4.78 is 6.03. The van der Waals surface area contributed by atoms with Crippen molar-refractivity contribution in [3.63, 3.8) is 0 Å². The van der Waals surface area contributed by atoms with E-state index in [1.54, 1.807) is 14.0 Å². The molecule has 114 valence electrons. The summed E-state index contributed by atoms with van der Waals surface area (Å²) in [5.74, 6) is -1.58. The highest BCUT2D eigenvalue weighted by Gasteiger charge is 2.12. The first-order valence-corrected chi connectivity index (χ1v) is 6.40. The first-order chi connectivity index (χ1) is 9.86. The highest BCUT2D eigenvalue weighted by molar-refractivity contribution is 6.33. The number of halogens is 2. The summed E-state index contributed by atoms with van der Waals surface area (Å²) in [6.07, 6.45) is 2.79. The number of hydrogen-bond donors (Lipinski definition) is 2. The van der Waals surface area contributed by atoms with Crippen LogP contribution in [0.4, 0.5) is 0 Å². The Balaban J connectivity index is 0.000000211. The molecule has 0 spiro atoms. The van der Waals surface area contributed by atoms with E-state index in [0.29, 0.717) is 6.61 Å². The van der Waals surface area contributed by atoms with Gasteiger partial charge in [0.1, 0.15) is 0 Å². The standard InChI is InChI=1S/C6H7ClN2O2.C5H5ClN2O2/c1-2-11-6(10)5-4(7)3-8-9-5;1-8-2-3(6)4(7-8)5(9)10/h3H,2H2,1H3,(H,8,9);2H,1H3,(H,9,10). The molecule has 8 nitrogen and oxygen atoms in total. The van der Waals surface area contributed by atoms with E-state index in [-0.39, 0.29) is 21.4 Å². The van der Waals surface area contributed by atoms with E-state index in [0.717, 1.165) is 0 Å². The lowest BCUT2D eigenvalue weighted by Crippen LogP contribution is -2.05. The van der Waals surface area contributed by atoms with E-state index in [4.69, 9.17) is 28.3 Å². The number of aryl methyl sites for hydroxylation is 1. The number of carboxylic acid groups (broad SMARTS) is 1. The summed E-state index contributed by atoms with van der Waals surface area (Å²) in [6, 6.07) is 0. The van der Waals surface area contributed by atoms with Gasteiger partial charge < -0.3 is 9.84 Å². The van der Waals surface area contributed by atoms with Crippen molar-refractivity contribution in [3.05, 3.63) is 33.8 Å². The lowest BCUT2D eigenvalue weighted by atomic mass is 10.4. The van der Waals surface area contributed by atoms with Crippen LogP contribution in [-0.2, 0) is 11.8 Å². The summed E-state index contributed by atoms with van der Waals surface area (Å²) in [5.41, 5.74) is 0.0951. The van der Waals surface area contributed by atoms with E-state index in [1.807, 2.05) is 0 Å². The minimum Gasteiger partial charge on any atom is -0.476 e. The molecule has 2 rings (SSSR count). The van der Waals surface area contributed by atoms with Gasteiger partial charge in [-0.2, -0.15) is 10.2 Å². The quantitative estimate of drug-likeness (QED) is 0.830. The zero-order chi connectivity index (χ0) is 16.0. The minimum absolute atomic E-state index is 0.107. The molecule has 2 aromatic rings. The third-order valence-electron chi connectivity index (χ3n) is 2.06. The molecule has 0 fully saturated rings. The molecule has 2 heterocycles. The molecule has 0 aliphatic heterocycles. The van der Waals surface area contributed by atoms with Gasteiger partial charge in [-0.3, -0.25) is 9.78 Å². The summed E-state index contributed by atoms with van der Waals surface area (Å²) in [5, 5.41) is 18.5. The van der Waals surface area contributed by atoms with Gasteiger partial charge in [-0.05, 0) is 6.92 Å². The Kier molecular flexibility index (Phi) is 6.19. The smallest absolute Gasteiger partial charge is 0.357 e. The second-order valence-electron chi connectivity index (χ2n) is 3.62. The molecule has 0 radical (unpaired) electrons. The normalized spacial score (nSPS) is 9.71. The topological polar surface area (TPSA) is 110 Å². The Labute approximate surface area is 129 Å². The average molecular weight is 335 g/mol. The number of carboxylic acids is 1. The maximum absolute atomic E-state index is 10.9. The van der Waals surface area contributed by atoms with Crippen molar-refractivity contribution >= 4 is 35.1 Å². The predicted molar refractivity (Wildman–Crippen MR) is 74.7 cm³/mol. The van der Waals surface area contributed by atoms with Crippen LogP contribution >= 0.6 is 23.2 Å². The average Bonchev–Trinajstić information content (AvgIpc) is 2.96. The van der Waals surface area contributed by atoms with E-state index >= 15 is 0 Å². The Bertz CT molecular complexity index is 638. The van der Waals surface area contributed by atoms with Crippen molar-refractivity contribution in [1.29, 1.82) is 0 Å². The van der Waals surface area contributed by atoms with Crippen molar-refractivity contribution in [2.24, 2.45) is 7.05 Å². The fourth-order valence-corrected chi connectivity index (χ4v) is 1.65. The molecular formula is C11H12Cl2N4O4. The van der Waals surface area contributed by atoms with Crippen LogP contribution < -0.4 is 0 Å². The molecule has 0 bridgehead atoms. The van der Waals surface area contributed by atoms with Crippen LogP contribution in [0.15, 0.2) is 12.4 Å². The van der Waals surface area contributed by atoms with Crippen molar-refractivity contribution in [3.8, 4) is 0 Å². The van der Waals surface area contributed by atoms with Gasteiger partial charge >= 0.3 is 11.9 Å². The van der Waals surface area contributed by atoms with Gasteiger partial charge in [0.15, 0.2) is 11.4 Å². The Morgan fingerprint density at radius 3 is 2.43 bits per heavy atom. The van der Waals surface area contributed by atoms with Gasteiger partial charge in [0, 0.05) is 13.2 Å². The van der Waals surface area contributed by atoms with Gasteiger partial charge in [-0.1, -0.05) is 23.2 Å². The Hall–Kier alpha value is -2.06. The lowest BCUT2D eigenvalue weighted by molar-refractivity contribution is 0.0519. The van der Waals surface area contributed by atoms with E-state index in [2.05, 4.69) is 20.0 Å². The molecule has 0 aromatic carbocycles. The van der Waals surface area contributed by atoms with Crippen LogP contribution in [0.25, 0.3) is 0 Å². The highest BCUT2D eigenvalue weighted by Crippen LogP contribution is 2.12.